The van der Waals surface area contributed by atoms with E-state index in [9.17, 15) is 19.6 Å². The van der Waals surface area contributed by atoms with Gasteiger partial charge in [0.2, 0.25) is 11.8 Å². The van der Waals surface area contributed by atoms with Gasteiger partial charge in [0.05, 0.1) is 26.7 Å². The number of aliphatic hydroxyl groups is 2. The highest BCUT2D eigenvalue weighted by atomic mass is 31.2. The average Bonchev–Trinajstić information content (AvgIpc) is 3.43. The van der Waals surface area contributed by atoms with Gasteiger partial charge < -0.3 is 35.2 Å². The van der Waals surface area contributed by atoms with Crippen LogP contribution in [0.2, 0.25) is 0 Å². The van der Waals surface area contributed by atoms with Crippen molar-refractivity contribution in [1.82, 2.24) is 24.6 Å². The van der Waals surface area contributed by atoms with Crippen molar-refractivity contribution < 1.29 is 38.3 Å². The zero-order valence-electron chi connectivity index (χ0n) is 24.3. The van der Waals surface area contributed by atoms with Crippen LogP contribution < -0.4 is 20.6 Å². The second-order valence-electron chi connectivity index (χ2n) is 11.5. The SMILES string of the molecule is COc1nc(N)nc2c1ncn2C1OC(COP(=O)(Nc2ccccc2)NC(C)C(=O)OCC(C)(C)C)C(O)C1(C)O. The van der Waals surface area contributed by atoms with Crippen molar-refractivity contribution in [2.24, 2.45) is 5.41 Å². The summed E-state index contributed by atoms with van der Waals surface area (Å²) in [6.45, 7) is 8.37. The molecule has 1 aliphatic rings. The van der Waals surface area contributed by atoms with Crippen molar-refractivity contribution >= 4 is 36.4 Å². The number of nitrogens with two attached hydrogens (primary N) is 1. The normalized spacial score (nSPS) is 24.7. The Morgan fingerprint density at radius 1 is 1.29 bits per heavy atom. The van der Waals surface area contributed by atoms with Crippen LogP contribution in [0.5, 0.6) is 5.88 Å². The molecule has 15 nitrogen and oxygen atoms in total. The number of nitrogen functional groups attached to an aromatic ring is 1. The second-order valence-corrected chi connectivity index (χ2v) is 13.3. The first-order valence-corrected chi connectivity index (χ1v) is 14.9. The number of imidazole rings is 1. The maximum Gasteiger partial charge on any atom is 0.366 e. The molecule has 2 aromatic heterocycles. The van der Waals surface area contributed by atoms with Crippen molar-refractivity contribution in [3.8, 4) is 5.88 Å². The number of carbonyl (C=O) groups excluding carboxylic acids is 1. The zero-order valence-corrected chi connectivity index (χ0v) is 25.2. The first kappa shape index (κ1) is 31.6. The van der Waals surface area contributed by atoms with Crippen molar-refractivity contribution in [2.45, 2.75) is 64.7 Å². The summed E-state index contributed by atoms with van der Waals surface area (Å²) in [5.74, 6) is -0.579. The maximum absolute atomic E-state index is 14.0. The van der Waals surface area contributed by atoms with Gasteiger partial charge in [-0.2, -0.15) is 9.97 Å². The number of nitrogens with one attached hydrogen (secondary N) is 2. The fourth-order valence-corrected chi connectivity index (χ4v) is 5.95. The Labute approximate surface area is 243 Å². The predicted molar refractivity (Wildman–Crippen MR) is 153 cm³/mol. The molecule has 16 heteroatoms. The molecule has 1 fully saturated rings. The lowest BCUT2D eigenvalue weighted by Crippen LogP contribution is -2.44. The van der Waals surface area contributed by atoms with Crippen LogP contribution >= 0.6 is 7.67 Å². The second kappa shape index (κ2) is 12.1. The van der Waals surface area contributed by atoms with E-state index in [4.69, 9.17) is 24.5 Å². The van der Waals surface area contributed by atoms with Gasteiger partial charge in [-0.3, -0.25) is 13.9 Å². The quantitative estimate of drug-likeness (QED) is 0.157. The molecule has 0 radical (unpaired) electrons. The number of benzene rings is 1. The standard InChI is InChI=1S/C26H38N7O8P/c1-15(22(35)39-13-25(2,3)4)31-42(37,32-16-10-8-7-9-11-16)40-12-17-19(34)26(5,36)23(41-17)33-14-28-18-20(33)29-24(27)30-21(18)38-6/h7-11,14-15,17,19,23,34,36H,12-13H2,1-6H3,(H2,27,29,30)(H2,31,32,37). The van der Waals surface area contributed by atoms with Crippen molar-refractivity contribution in [3.05, 3.63) is 36.7 Å². The van der Waals surface area contributed by atoms with Gasteiger partial charge in [-0.15, -0.1) is 0 Å². The third kappa shape index (κ3) is 7.00. The molecule has 0 aliphatic carbocycles. The molecule has 6 N–H and O–H groups in total. The minimum absolute atomic E-state index is 0.0895. The van der Waals surface area contributed by atoms with Crippen LogP contribution in [0.4, 0.5) is 11.6 Å². The van der Waals surface area contributed by atoms with Crippen LogP contribution in [0.1, 0.15) is 40.8 Å². The summed E-state index contributed by atoms with van der Waals surface area (Å²) in [6, 6.07) is 7.59. The van der Waals surface area contributed by atoms with E-state index in [1.54, 1.807) is 30.3 Å². The Bertz CT molecular complexity index is 1450. The van der Waals surface area contributed by atoms with Gasteiger partial charge in [0, 0.05) is 5.69 Å². The van der Waals surface area contributed by atoms with E-state index in [0.29, 0.717) is 5.69 Å². The predicted octanol–water partition coefficient (Wildman–Crippen LogP) is 2.23. The van der Waals surface area contributed by atoms with E-state index < -0.39 is 50.3 Å². The lowest BCUT2D eigenvalue weighted by Gasteiger charge is -2.28. The molecule has 230 valence electrons. The number of aromatic nitrogens is 4. The fraction of sp³-hybridized carbons (Fsp3) is 0.538. The maximum atomic E-state index is 14.0. The van der Waals surface area contributed by atoms with E-state index >= 15 is 0 Å². The summed E-state index contributed by atoms with van der Waals surface area (Å²) in [6.07, 6.45) is -2.48. The van der Waals surface area contributed by atoms with Crippen LogP contribution in [0.3, 0.4) is 0 Å². The summed E-state index contributed by atoms with van der Waals surface area (Å²) in [5, 5.41) is 27.8. The average molecular weight is 608 g/mol. The largest absolute Gasteiger partial charge is 0.479 e. The highest BCUT2D eigenvalue weighted by Gasteiger charge is 2.54. The number of esters is 1. The first-order valence-electron chi connectivity index (χ1n) is 13.3. The Hall–Kier alpha value is -3.33. The molecule has 6 atom stereocenters. The number of hydrogen-bond donors (Lipinski definition) is 5. The Morgan fingerprint density at radius 2 is 1.98 bits per heavy atom. The number of nitrogens with zero attached hydrogens (tertiary/aromatic N) is 4. The molecule has 1 aliphatic heterocycles. The van der Waals surface area contributed by atoms with Gasteiger partial charge in [0.15, 0.2) is 17.4 Å². The highest BCUT2D eigenvalue weighted by molar-refractivity contribution is 7.58. The molecular formula is C26H38N7O8P. The van der Waals surface area contributed by atoms with Gasteiger partial charge in [0.25, 0.3) is 0 Å². The van der Waals surface area contributed by atoms with Gasteiger partial charge >= 0.3 is 13.6 Å². The van der Waals surface area contributed by atoms with Crippen molar-refractivity contribution in [1.29, 1.82) is 0 Å². The van der Waals surface area contributed by atoms with Gasteiger partial charge in [-0.1, -0.05) is 39.0 Å². The molecule has 3 heterocycles. The first-order chi connectivity index (χ1) is 19.6. The van der Waals surface area contributed by atoms with Gasteiger partial charge in [-0.05, 0) is 31.4 Å². The fourth-order valence-electron chi connectivity index (χ4n) is 4.28. The van der Waals surface area contributed by atoms with E-state index in [2.05, 4.69) is 25.1 Å². The summed E-state index contributed by atoms with van der Waals surface area (Å²) < 4.78 is 37.8. The third-order valence-electron chi connectivity index (χ3n) is 6.44. The highest BCUT2D eigenvalue weighted by Crippen LogP contribution is 2.46. The molecule has 0 spiro atoms. The van der Waals surface area contributed by atoms with Gasteiger partial charge in [-0.25, -0.2) is 14.6 Å². The molecule has 0 saturated carbocycles. The van der Waals surface area contributed by atoms with E-state index in [0.717, 1.165) is 0 Å². The molecule has 3 aromatic rings. The van der Waals surface area contributed by atoms with Crippen LogP contribution in [0.25, 0.3) is 11.2 Å². The van der Waals surface area contributed by atoms with Crippen LogP contribution in [0, 0.1) is 5.41 Å². The van der Waals surface area contributed by atoms with Crippen molar-refractivity contribution in [3.63, 3.8) is 0 Å². The Morgan fingerprint density at radius 3 is 2.62 bits per heavy atom. The lowest BCUT2D eigenvalue weighted by atomic mass is 9.96. The number of aliphatic hydroxyl groups excluding tert-OH is 1. The number of hydrogen-bond acceptors (Lipinski definition) is 12. The summed E-state index contributed by atoms with van der Waals surface area (Å²) in [7, 11) is -2.62. The van der Waals surface area contributed by atoms with Crippen molar-refractivity contribution in [2.75, 3.05) is 31.1 Å². The summed E-state index contributed by atoms with van der Waals surface area (Å²) >= 11 is 0. The lowest BCUT2D eigenvalue weighted by molar-refractivity contribution is -0.148. The number of ether oxygens (including phenoxy) is 3. The number of rotatable bonds is 11. The van der Waals surface area contributed by atoms with E-state index in [1.165, 1.54) is 31.9 Å². The summed E-state index contributed by atoms with van der Waals surface area (Å²) in [5.41, 5.74) is 4.63. The number of para-hydroxylation sites is 1. The molecule has 6 unspecified atom stereocenters. The molecule has 0 bridgehead atoms. The minimum Gasteiger partial charge on any atom is -0.479 e. The number of fused-ring (bicyclic) bond motifs is 1. The number of methoxy groups -OCH3 is 1. The third-order valence-corrected chi connectivity index (χ3v) is 8.24. The topological polar surface area (TPSA) is 205 Å². The minimum atomic E-state index is -4.02. The molecule has 0 amide bonds. The molecule has 1 saturated heterocycles. The van der Waals surface area contributed by atoms with Crippen LogP contribution in [-0.2, 0) is 23.4 Å². The zero-order chi connectivity index (χ0) is 30.9. The molecular weight excluding hydrogens is 569 g/mol. The molecule has 42 heavy (non-hydrogen) atoms. The van der Waals surface area contributed by atoms with E-state index in [1.807, 2.05) is 20.8 Å². The molecule has 4 rings (SSSR count). The molecule has 1 aromatic carbocycles. The summed E-state index contributed by atoms with van der Waals surface area (Å²) in [4.78, 5) is 25.1. The monoisotopic (exact) mass is 607 g/mol. The smallest absolute Gasteiger partial charge is 0.366 e. The van der Waals surface area contributed by atoms with Gasteiger partial charge in [0.1, 0.15) is 23.9 Å². The van der Waals surface area contributed by atoms with Crippen LogP contribution in [-0.4, -0.2) is 79.9 Å². The number of anilines is 2. The number of carbonyl (C=O) groups is 1. The Kier molecular flexibility index (Phi) is 9.11. The van der Waals surface area contributed by atoms with E-state index in [-0.39, 0.29) is 35.0 Å². The van der Waals surface area contributed by atoms with Crippen LogP contribution in [0.15, 0.2) is 36.7 Å². The Balaban J connectivity index is 1.54.